The standard InChI is InChI=1S/C10H12N4O/c1-14-8-4-6(5-9(11)12)2-3-7(8)13-10(14)15/h2-4H,5H2,1H3,(H3,11,12)(H,13,15). The zero-order valence-electron chi connectivity index (χ0n) is 8.37. The van der Waals surface area contributed by atoms with E-state index in [4.69, 9.17) is 11.1 Å². The second kappa shape index (κ2) is 3.27. The van der Waals surface area contributed by atoms with Gasteiger partial charge in [0.1, 0.15) is 0 Å². The molecule has 1 heterocycles. The molecule has 0 spiro atoms. The Labute approximate surface area is 86.0 Å². The molecular formula is C10H12N4O. The van der Waals surface area contributed by atoms with E-state index in [0.717, 1.165) is 16.6 Å². The molecule has 0 bridgehead atoms. The fourth-order valence-corrected chi connectivity index (χ4v) is 1.60. The zero-order valence-corrected chi connectivity index (χ0v) is 8.37. The largest absolute Gasteiger partial charge is 0.387 e. The summed E-state index contributed by atoms with van der Waals surface area (Å²) < 4.78 is 1.54. The minimum absolute atomic E-state index is 0.120. The highest BCUT2D eigenvalue weighted by atomic mass is 16.1. The van der Waals surface area contributed by atoms with Gasteiger partial charge >= 0.3 is 5.69 Å². The summed E-state index contributed by atoms with van der Waals surface area (Å²) in [6, 6.07) is 5.56. The number of fused-ring (bicyclic) bond motifs is 1. The fourth-order valence-electron chi connectivity index (χ4n) is 1.60. The van der Waals surface area contributed by atoms with Gasteiger partial charge in [-0.15, -0.1) is 0 Å². The molecule has 0 radical (unpaired) electrons. The fraction of sp³-hybridized carbons (Fsp3) is 0.200. The van der Waals surface area contributed by atoms with Crippen LogP contribution in [0.15, 0.2) is 23.0 Å². The van der Waals surface area contributed by atoms with Crippen LogP contribution in [0, 0.1) is 5.41 Å². The lowest BCUT2D eigenvalue weighted by Crippen LogP contribution is -2.13. The Morgan fingerprint density at radius 2 is 2.33 bits per heavy atom. The predicted octanol–water partition coefficient (Wildman–Crippen LogP) is 0.345. The van der Waals surface area contributed by atoms with Crippen LogP contribution in [0.4, 0.5) is 0 Å². The van der Waals surface area contributed by atoms with Gasteiger partial charge in [-0.25, -0.2) is 4.79 Å². The third-order valence-corrected chi connectivity index (χ3v) is 2.36. The number of aromatic nitrogens is 2. The van der Waals surface area contributed by atoms with Crippen molar-refractivity contribution in [3.8, 4) is 0 Å². The second-order valence-electron chi connectivity index (χ2n) is 3.54. The maximum absolute atomic E-state index is 11.3. The Balaban J connectivity index is 2.59. The summed E-state index contributed by atoms with van der Waals surface area (Å²) in [5.41, 5.74) is 7.75. The molecule has 0 unspecified atom stereocenters. The maximum Gasteiger partial charge on any atom is 0.326 e. The number of nitrogens with one attached hydrogen (secondary N) is 2. The highest BCUT2D eigenvalue weighted by Gasteiger charge is 2.04. The van der Waals surface area contributed by atoms with Crippen LogP contribution >= 0.6 is 0 Å². The van der Waals surface area contributed by atoms with E-state index < -0.39 is 0 Å². The van der Waals surface area contributed by atoms with Crippen LogP contribution in [0.1, 0.15) is 5.56 Å². The lowest BCUT2D eigenvalue weighted by atomic mass is 10.1. The highest BCUT2D eigenvalue weighted by molar-refractivity contribution is 5.82. The van der Waals surface area contributed by atoms with Gasteiger partial charge in [-0.3, -0.25) is 9.98 Å². The molecule has 2 rings (SSSR count). The van der Waals surface area contributed by atoms with E-state index in [1.165, 1.54) is 0 Å². The molecule has 0 saturated heterocycles. The normalized spacial score (nSPS) is 10.7. The van der Waals surface area contributed by atoms with Gasteiger partial charge in [0.2, 0.25) is 0 Å². The Hall–Kier alpha value is -2.04. The van der Waals surface area contributed by atoms with Crippen LogP contribution in [-0.2, 0) is 13.5 Å². The van der Waals surface area contributed by atoms with Crippen LogP contribution in [0.5, 0.6) is 0 Å². The van der Waals surface area contributed by atoms with Crippen molar-refractivity contribution in [3.63, 3.8) is 0 Å². The van der Waals surface area contributed by atoms with Crippen molar-refractivity contribution in [1.82, 2.24) is 9.55 Å². The van der Waals surface area contributed by atoms with Gasteiger partial charge in [0.05, 0.1) is 16.9 Å². The van der Waals surface area contributed by atoms with Gasteiger partial charge < -0.3 is 10.7 Å². The SMILES string of the molecule is Cn1c(=O)[nH]c2ccc(CC(=N)N)cc21. The maximum atomic E-state index is 11.3. The average molecular weight is 204 g/mol. The van der Waals surface area contributed by atoms with Gasteiger partial charge in [0, 0.05) is 13.5 Å². The van der Waals surface area contributed by atoms with Crippen molar-refractivity contribution in [2.75, 3.05) is 0 Å². The molecule has 0 aliphatic rings. The van der Waals surface area contributed by atoms with E-state index >= 15 is 0 Å². The van der Waals surface area contributed by atoms with Gasteiger partial charge in [-0.2, -0.15) is 0 Å². The van der Waals surface area contributed by atoms with E-state index in [1.807, 2.05) is 18.2 Å². The lowest BCUT2D eigenvalue weighted by molar-refractivity contribution is 0.891. The highest BCUT2D eigenvalue weighted by Crippen LogP contribution is 2.12. The van der Waals surface area contributed by atoms with Crippen molar-refractivity contribution >= 4 is 16.9 Å². The molecule has 1 aromatic carbocycles. The number of nitrogens with two attached hydrogens (primary N) is 1. The Morgan fingerprint density at radius 1 is 1.60 bits per heavy atom. The average Bonchev–Trinajstić information content (AvgIpc) is 2.43. The van der Waals surface area contributed by atoms with E-state index in [9.17, 15) is 4.79 Å². The topological polar surface area (TPSA) is 87.7 Å². The molecule has 5 nitrogen and oxygen atoms in total. The number of benzene rings is 1. The van der Waals surface area contributed by atoms with Crippen molar-refractivity contribution in [2.24, 2.45) is 12.8 Å². The molecule has 1 aromatic heterocycles. The quantitative estimate of drug-likeness (QED) is 0.486. The van der Waals surface area contributed by atoms with E-state index in [1.54, 1.807) is 11.6 Å². The number of rotatable bonds is 2. The molecule has 4 N–H and O–H groups in total. The van der Waals surface area contributed by atoms with Crippen LogP contribution in [0.25, 0.3) is 11.0 Å². The van der Waals surface area contributed by atoms with Gasteiger partial charge in [-0.1, -0.05) is 6.07 Å². The summed E-state index contributed by atoms with van der Waals surface area (Å²) in [5.74, 6) is 0.120. The van der Waals surface area contributed by atoms with Crippen LogP contribution in [0.3, 0.4) is 0 Å². The van der Waals surface area contributed by atoms with Gasteiger partial charge in [0.15, 0.2) is 0 Å². The summed E-state index contributed by atoms with van der Waals surface area (Å²) in [5, 5.41) is 7.20. The lowest BCUT2D eigenvalue weighted by Gasteiger charge is -2.00. The first-order valence-electron chi connectivity index (χ1n) is 4.58. The van der Waals surface area contributed by atoms with Crippen LogP contribution in [-0.4, -0.2) is 15.4 Å². The van der Waals surface area contributed by atoms with Crippen molar-refractivity contribution in [3.05, 3.63) is 34.2 Å². The number of hydrogen-bond donors (Lipinski definition) is 3. The zero-order chi connectivity index (χ0) is 11.0. The minimum atomic E-state index is -0.134. The molecule has 0 amide bonds. The third kappa shape index (κ3) is 1.63. The molecule has 5 heteroatoms. The Bertz CT molecular complexity index is 579. The molecule has 0 aliphatic carbocycles. The van der Waals surface area contributed by atoms with E-state index in [0.29, 0.717) is 6.42 Å². The first kappa shape index (κ1) is 9.51. The minimum Gasteiger partial charge on any atom is -0.387 e. The van der Waals surface area contributed by atoms with Crippen molar-refractivity contribution in [1.29, 1.82) is 5.41 Å². The summed E-state index contributed by atoms with van der Waals surface area (Å²) >= 11 is 0. The Kier molecular flexibility index (Phi) is 2.07. The molecule has 78 valence electrons. The summed E-state index contributed by atoms with van der Waals surface area (Å²) in [6.07, 6.45) is 0.412. The van der Waals surface area contributed by atoms with Crippen molar-refractivity contribution in [2.45, 2.75) is 6.42 Å². The molecule has 2 aromatic rings. The molecule has 0 atom stereocenters. The number of hydrogen-bond acceptors (Lipinski definition) is 2. The molecular weight excluding hydrogens is 192 g/mol. The smallest absolute Gasteiger partial charge is 0.326 e. The molecule has 15 heavy (non-hydrogen) atoms. The summed E-state index contributed by atoms with van der Waals surface area (Å²) in [7, 11) is 1.71. The molecule has 0 saturated carbocycles. The Morgan fingerprint density at radius 3 is 3.00 bits per heavy atom. The number of amidine groups is 1. The number of aromatic amines is 1. The van der Waals surface area contributed by atoms with E-state index in [2.05, 4.69) is 4.98 Å². The summed E-state index contributed by atoms with van der Waals surface area (Å²) in [6.45, 7) is 0. The predicted molar refractivity (Wildman–Crippen MR) is 59.2 cm³/mol. The molecule has 0 fully saturated rings. The molecule has 0 aliphatic heterocycles. The number of nitrogens with zero attached hydrogens (tertiary/aromatic N) is 1. The van der Waals surface area contributed by atoms with Crippen LogP contribution in [0.2, 0.25) is 0 Å². The van der Waals surface area contributed by atoms with Crippen LogP contribution < -0.4 is 11.4 Å². The number of aryl methyl sites for hydroxylation is 1. The van der Waals surface area contributed by atoms with E-state index in [-0.39, 0.29) is 11.5 Å². The van der Waals surface area contributed by atoms with Gasteiger partial charge in [-0.05, 0) is 17.7 Å². The number of H-pyrrole nitrogens is 1. The van der Waals surface area contributed by atoms with Gasteiger partial charge in [0.25, 0.3) is 0 Å². The third-order valence-electron chi connectivity index (χ3n) is 2.36. The summed E-state index contributed by atoms with van der Waals surface area (Å²) in [4.78, 5) is 14.0. The first-order valence-corrected chi connectivity index (χ1v) is 4.58. The number of imidazole rings is 1. The van der Waals surface area contributed by atoms with Crippen molar-refractivity contribution < 1.29 is 0 Å². The monoisotopic (exact) mass is 204 g/mol. The second-order valence-corrected chi connectivity index (χ2v) is 3.54. The first-order chi connectivity index (χ1) is 7.08.